The molecule has 0 fully saturated rings. The quantitative estimate of drug-likeness (QED) is 0.837. The molecule has 2 aromatic rings. The number of aromatic nitrogens is 3. The summed E-state index contributed by atoms with van der Waals surface area (Å²) in [7, 11) is 0. The molecular formula is C11H14N4O. The van der Waals surface area contributed by atoms with Gasteiger partial charge in [-0.2, -0.15) is 0 Å². The number of pyridine rings is 1. The number of aryl methyl sites for hydroxylation is 2. The first-order valence-electron chi connectivity index (χ1n) is 5.24. The minimum atomic E-state index is 0.517. The van der Waals surface area contributed by atoms with Gasteiger partial charge in [0.25, 0.3) is 0 Å². The van der Waals surface area contributed by atoms with Crippen molar-refractivity contribution in [3.8, 4) is 11.5 Å². The van der Waals surface area contributed by atoms with Gasteiger partial charge in [0.05, 0.1) is 5.56 Å². The average Bonchev–Trinajstić information content (AvgIpc) is 2.75. The highest BCUT2D eigenvalue weighted by Gasteiger charge is 2.08. The molecule has 0 saturated heterocycles. The van der Waals surface area contributed by atoms with Gasteiger partial charge in [0.1, 0.15) is 0 Å². The molecule has 2 aromatic heterocycles. The Bertz CT molecular complexity index is 467. The standard InChI is InChI=1S/C11H14N4O/c1-8-5-9(7-13-6-8)11-15-14-10(16-11)3-2-4-12/h5-7H,2-4,12H2,1H3. The summed E-state index contributed by atoms with van der Waals surface area (Å²) in [6.07, 6.45) is 5.08. The summed E-state index contributed by atoms with van der Waals surface area (Å²) in [4.78, 5) is 4.08. The van der Waals surface area contributed by atoms with Gasteiger partial charge in [0, 0.05) is 18.8 Å². The molecular weight excluding hydrogens is 204 g/mol. The largest absolute Gasteiger partial charge is 0.421 e. The Kier molecular flexibility index (Phi) is 3.26. The molecule has 2 rings (SSSR count). The molecule has 2 heterocycles. The molecule has 16 heavy (non-hydrogen) atoms. The van der Waals surface area contributed by atoms with Gasteiger partial charge in [0.2, 0.25) is 11.8 Å². The zero-order chi connectivity index (χ0) is 11.4. The molecule has 0 aliphatic carbocycles. The molecule has 0 amide bonds. The molecule has 84 valence electrons. The van der Waals surface area contributed by atoms with Crippen molar-refractivity contribution in [1.82, 2.24) is 15.2 Å². The van der Waals surface area contributed by atoms with Crippen LogP contribution < -0.4 is 5.73 Å². The second-order valence-corrected chi connectivity index (χ2v) is 3.64. The van der Waals surface area contributed by atoms with E-state index in [-0.39, 0.29) is 0 Å². The summed E-state index contributed by atoms with van der Waals surface area (Å²) in [5.41, 5.74) is 7.34. The van der Waals surface area contributed by atoms with Crippen molar-refractivity contribution in [3.05, 3.63) is 29.9 Å². The van der Waals surface area contributed by atoms with Gasteiger partial charge >= 0.3 is 0 Å². The van der Waals surface area contributed by atoms with Gasteiger partial charge in [-0.3, -0.25) is 4.98 Å². The van der Waals surface area contributed by atoms with E-state index in [2.05, 4.69) is 15.2 Å². The molecule has 0 radical (unpaired) electrons. The summed E-state index contributed by atoms with van der Waals surface area (Å²) < 4.78 is 5.51. The SMILES string of the molecule is Cc1cncc(-c2nnc(CCCN)o2)c1. The zero-order valence-corrected chi connectivity index (χ0v) is 9.18. The molecule has 0 saturated carbocycles. The second kappa shape index (κ2) is 4.85. The maximum atomic E-state index is 5.51. The molecule has 0 atom stereocenters. The highest BCUT2D eigenvalue weighted by Crippen LogP contribution is 2.17. The number of rotatable bonds is 4. The van der Waals surface area contributed by atoms with Crippen molar-refractivity contribution in [3.63, 3.8) is 0 Å². The van der Waals surface area contributed by atoms with Crippen LogP contribution in [-0.4, -0.2) is 21.7 Å². The molecule has 2 N–H and O–H groups in total. The summed E-state index contributed by atoms with van der Waals surface area (Å²) in [6.45, 7) is 2.60. The van der Waals surface area contributed by atoms with Crippen LogP contribution in [0.25, 0.3) is 11.5 Å². The van der Waals surface area contributed by atoms with E-state index in [1.54, 1.807) is 12.4 Å². The predicted molar refractivity (Wildman–Crippen MR) is 59.6 cm³/mol. The molecule has 0 aromatic carbocycles. The topological polar surface area (TPSA) is 77.8 Å². The highest BCUT2D eigenvalue weighted by molar-refractivity contribution is 5.51. The van der Waals surface area contributed by atoms with Crippen LogP contribution in [0.3, 0.4) is 0 Å². The first-order valence-corrected chi connectivity index (χ1v) is 5.24. The third-order valence-electron chi connectivity index (χ3n) is 2.18. The number of nitrogens with two attached hydrogens (primary N) is 1. The van der Waals surface area contributed by atoms with Gasteiger partial charge in [0.15, 0.2) is 0 Å². The minimum absolute atomic E-state index is 0.517. The Balaban J connectivity index is 2.18. The van der Waals surface area contributed by atoms with Crippen LogP contribution in [-0.2, 0) is 6.42 Å². The molecule has 5 nitrogen and oxygen atoms in total. The van der Waals surface area contributed by atoms with Crippen molar-refractivity contribution < 1.29 is 4.42 Å². The molecule has 0 spiro atoms. The van der Waals surface area contributed by atoms with E-state index >= 15 is 0 Å². The smallest absolute Gasteiger partial charge is 0.249 e. The number of nitrogens with zero attached hydrogens (tertiary/aromatic N) is 3. The Morgan fingerprint density at radius 3 is 2.94 bits per heavy atom. The van der Waals surface area contributed by atoms with Crippen LogP contribution in [0.15, 0.2) is 22.9 Å². The Hall–Kier alpha value is -1.75. The number of hydrogen-bond acceptors (Lipinski definition) is 5. The first kappa shape index (κ1) is 10.8. The molecule has 0 aliphatic rings. The monoisotopic (exact) mass is 218 g/mol. The van der Waals surface area contributed by atoms with Crippen LogP contribution >= 0.6 is 0 Å². The van der Waals surface area contributed by atoms with E-state index in [1.807, 2.05) is 13.0 Å². The summed E-state index contributed by atoms with van der Waals surface area (Å²) in [5, 5.41) is 7.94. The molecule has 0 unspecified atom stereocenters. The summed E-state index contributed by atoms with van der Waals surface area (Å²) >= 11 is 0. The maximum Gasteiger partial charge on any atom is 0.249 e. The van der Waals surface area contributed by atoms with Crippen molar-refractivity contribution in [2.45, 2.75) is 19.8 Å². The van der Waals surface area contributed by atoms with Crippen molar-refractivity contribution in [2.75, 3.05) is 6.54 Å². The van der Waals surface area contributed by atoms with Gasteiger partial charge in [-0.15, -0.1) is 10.2 Å². The Morgan fingerprint density at radius 2 is 2.19 bits per heavy atom. The zero-order valence-electron chi connectivity index (χ0n) is 9.18. The number of hydrogen-bond donors (Lipinski definition) is 1. The van der Waals surface area contributed by atoms with Crippen molar-refractivity contribution in [1.29, 1.82) is 0 Å². The van der Waals surface area contributed by atoms with Crippen LogP contribution in [0, 0.1) is 6.92 Å². The lowest BCUT2D eigenvalue weighted by molar-refractivity contribution is 0.498. The summed E-state index contributed by atoms with van der Waals surface area (Å²) in [6, 6.07) is 1.97. The van der Waals surface area contributed by atoms with Crippen LogP contribution in [0.1, 0.15) is 17.9 Å². The van der Waals surface area contributed by atoms with E-state index < -0.39 is 0 Å². The fraction of sp³-hybridized carbons (Fsp3) is 0.364. The van der Waals surface area contributed by atoms with Crippen molar-refractivity contribution in [2.24, 2.45) is 5.73 Å². The lowest BCUT2D eigenvalue weighted by Gasteiger charge is -1.95. The lowest BCUT2D eigenvalue weighted by atomic mass is 10.2. The molecule has 0 bridgehead atoms. The van der Waals surface area contributed by atoms with E-state index in [0.29, 0.717) is 18.3 Å². The minimum Gasteiger partial charge on any atom is -0.421 e. The second-order valence-electron chi connectivity index (χ2n) is 3.64. The van der Waals surface area contributed by atoms with E-state index in [1.165, 1.54) is 0 Å². The lowest BCUT2D eigenvalue weighted by Crippen LogP contribution is -2.00. The van der Waals surface area contributed by atoms with Crippen LogP contribution in [0.5, 0.6) is 0 Å². The summed E-state index contributed by atoms with van der Waals surface area (Å²) in [5.74, 6) is 1.14. The van der Waals surface area contributed by atoms with E-state index in [0.717, 1.165) is 24.0 Å². The Labute approximate surface area is 93.7 Å². The normalized spacial score (nSPS) is 10.6. The first-order chi connectivity index (χ1) is 7.79. The van der Waals surface area contributed by atoms with Gasteiger partial charge in [-0.1, -0.05) is 0 Å². The Morgan fingerprint density at radius 1 is 1.31 bits per heavy atom. The molecule has 0 aliphatic heterocycles. The molecule has 5 heteroatoms. The average molecular weight is 218 g/mol. The fourth-order valence-electron chi connectivity index (χ4n) is 1.40. The van der Waals surface area contributed by atoms with E-state index in [4.69, 9.17) is 10.2 Å². The third kappa shape index (κ3) is 2.43. The van der Waals surface area contributed by atoms with Gasteiger partial charge in [-0.05, 0) is 31.5 Å². The third-order valence-corrected chi connectivity index (χ3v) is 2.18. The van der Waals surface area contributed by atoms with Crippen LogP contribution in [0.2, 0.25) is 0 Å². The predicted octanol–water partition coefficient (Wildman–Crippen LogP) is 1.33. The fourth-order valence-corrected chi connectivity index (χ4v) is 1.40. The van der Waals surface area contributed by atoms with Crippen LogP contribution in [0.4, 0.5) is 0 Å². The van der Waals surface area contributed by atoms with Gasteiger partial charge < -0.3 is 10.2 Å². The maximum absolute atomic E-state index is 5.51. The van der Waals surface area contributed by atoms with E-state index in [9.17, 15) is 0 Å². The highest BCUT2D eigenvalue weighted by atomic mass is 16.4. The van der Waals surface area contributed by atoms with Gasteiger partial charge in [-0.25, -0.2) is 0 Å². The van der Waals surface area contributed by atoms with Crippen molar-refractivity contribution >= 4 is 0 Å².